The van der Waals surface area contributed by atoms with Gasteiger partial charge in [0, 0.05) is 36.1 Å². The molecule has 1 amide bonds. The highest BCUT2D eigenvalue weighted by Gasteiger charge is 2.53. The van der Waals surface area contributed by atoms with Crippen LogP contribution in [-0.2, 0) is 14.4 Å². The summed E-state index contributed by atoms with van der Waals surface area (Å²) in [5.74, 6) is -5.83. The number of hydrogen-bond donors (Lipinski definition) is 5. The zero-order chi connectivity index (χ0) is 22.7. The van der Waals surface area contributed by atoms with Crippen LogP contribution in [0.5, 0.6) is 5.75 Å². The largest absolute Gasteiger partial charge is 0.511 e. The summed E-state index contributed by atoms with van der Waals surface area (Å²) in [6.45, 7) is 0.595. The monoisotopic (exact) mass is 434 g/mol. The average molecular weight is 434 g/mol. The third-order valence-corrected chi connectivity index (χ3v) is 6.95. The molecule has 1 unspecified atom stereocenters. The topological polar surface area (TPSA) is 150 Å². The Hall–Kier alpha value is -3.81. The molecule has 1 aromatic carbocycles. The maximum absolute atomic E-state index is 13.6. The number of primary amides is 1. The van der Waals surface area contributed by atoms with Gasteiger partial charge in [-0.15, -0.1) is 0 Å². The van der Waals surface area contributed by atoms with Crippen molar-refractivity contribution in [3.63, 3.8) is 0 Å². The number of allylic oxidation sites excluding steroid dienone is 5. The standard InChI is InChI=1S/C24H22N2O6/c25-24(32)20-15(28)9-10-8-12-17(13-5-1-2-7-26-13)11-4-3-6-14(27)18(11)23(31)19(12)21(29)16(10)22(20)30/h1-6,10,12,16-17,26-27,30-31H,7-9H2,(H2,25,32)/t10-,12+,16?,17-/m0/s1. The molecule has 0 spiro atoms. The first kappa shape index (κ1) is 20.1. The number of rotatable bonds is 2. The Morgan fingerprint density at radius 1 is 1.12 bits per heavy atom. The second-order valence-corrected chi connectivity index (χ2v) is 8.61. The zero-order valence-electron chi connectivity index (χ0n) is 17.0. The minimum Gasteiger partial charge on any atom is -0.511 e. The molecule has 8 nitrogen and oxygen atoms in total. The second kappa shape index (κ2) is 7.12. The lowest BCUT2D eigenvalue weighted by atomic mass is 9.58. The molecule has 164 valence electrons. The highest BCUT2D eigenvalue weighted by molar-refractivity contribution is 6.21. The summed E-state index contributed by atoms with van der Waals surface area (Å²) >= 11 is 0. The summed E-state index contributed by atoms with van der Waals surface area (Å²) in [5, 5.41) is 35.6. The predicted octanol–water partition coefficient (Wildman–Crippen LogP) is 1.89. The van der Waals surface area contributed by atoms with E-state index in [1.54, 1.807) is 12.1 Å². The highest BCUT2D eigenvalue weighted by atomic mass is 16.3. The number of carbonyl (C=O) groups excluding carboxylic acids is 3. The number of amides is 1. The second-order valence-electron chi connectivity index (χ2n) is 8.61. The van der Waals surface area contributed by atoms with Gasteiger partial charge in [0.15, 0.2) is 11.6 Å². The number of ketones is 2. The van der Waals surface area contributed by atoms with Crippen molar-refractivity contribution < 1.29 is 29.7 Å². The van der Waals surface area contributed by atoms with Gasteiger partial charge in [-0.05, 0) is 30.0 Å². The van der Waals surface area contributed by atoms with E-state index >= 15 is 0 Å². The van der Waals surface area contributed by atoms with Crippen LogP contribution in [0.25, 0.3) is 5.76 Å². The number of fused-ring (bicyclic) bond motifs is 3. The van der Waals surface area contributed by atoms with Crippen molar-refractivity contribution in [2.75, 3.05) is 6.54 Å². The predicted molar refractivity (Wildman–Crippen MR) is 114 cm³/mol. The quantitative estimate of drug-likeness (QED) is 0.446. The lowest BCUT2D eigenvalue weighted by Crippen LogP contribution is -2.46. The summed E-state index contributed by atoms with van der Waals surface area (Å²) in [7, 11) is 0. The lowest BCUT2D eigenvalue weighted by Gasteiger charge is -2.45. The molecule has 1 saturated carbocycles. The summed E-state index contributed by atoms with van der Waals surface area (Å²) in [5.41, 5.74) is 6.51. The number of phenols is 1. The lowest BCUT2D eigenvalue weighted by molar-refractivity contribution is -0.127. The highest BCUT2D eigenvalue weighted by Crippen LogP contribution is 2.55. The van der Waals surface area contributed by atoms with E-state index < -0.39 is 46.6 Å². The van der Waals surface area contributed by atoms with Gasteiger partial charge in [0.1, 0.15) is 22.8 Å². The maximum Gasteiger partial charge on any atom is 0.255 e. The van der Waals surface area contributed by atoms with E-state index in [0.717, 1.165) is 5.70 Å². The molecular weight excluding hydrogens is 412 g/mol. The number of Topliss-reactive ketones (excluding diaryl/α,β-unsaturated/α-hetero) is 2. The van der Waals surface area contributed by atoms with E-state index in [1.807, 2.05) is 18.2 Å². The third kappa shape index (κ3) is 2.72. The van der Waals surface area contributed by atoms with Crippen LogP contribution in [0.3, 0.4) is 0 Å². The van der Waals surface area contributed by atoms with Gasteiger partial charge < -0.3 is 26.4 Å². The average Bonchev–Trinajstić information content (AvgIpc) is 2.73. The van der Waals surface area contributed by atoms with Gasteiger partial charge in [0.2, 0.25) is 0 Å². The van der Waals surface area contributed by atoms with Crippen LogP contribution < -0.4 is 11.1 Å². The van der Waals surface area contributed by atoms with Crippen LogP contribution in [0.15, 0.2) is 59.0 Å². The van der Waals surface area contributed by atoms with E-state index in [9.17, 15) is 29.7 Å². The van der Waals surface area contributed by atoms with Gasteiger partial charge in [-0.2, -0.15) is 0 Å². The van der Waals surface area contributed by atoms with E-state index in [2.05, 4.69) is 5.32 Å². The van der Waals surface area contributed by atoms with E-state index in [4.69, 9.17) is 5.73 Å². The fourth-order valence-electron chi connectivity index (χ4n) is 5.69. The van der Waals surface area contributed by atoms with E-state index in [1.165, 1.54) is 6.07 Å². The van der Waals surface area contributed by atoms with E-state index in [0.29, 0.717) is 18.5 Å². The first-order valence-corrected chi connectivity index (χ1v) is 10.5. The molecule has 32 heavy (non-hydrogen) atoms. The zero-order valence-corrected chi connectivity index (χ0v) is 17.0. The number of hydrogen-bond acceptors (Lipinski definition) is 7. The summed E-state index contributed by atoms with van der Waals surface area (Å²) in [6, 6.07) is 4.93. The fourth-order valence-corrected chi connectivity index (χ4v) is 5.69. The van der Waals surface area contributed by atoms with Crippen molar-refractivity contribution in [3.8, 4) is 5.75 Å². The molecule has 1 aromatic rings. The summed E-state index contributed by atoms with van der Waals surface area (Å²) in [4.78, 5) is 37.9. The van der Waals surface area contributed by atoms with Gasteiger partial charge in [0.05, 0.1) is 11.5 Å². The molecule has 0 radical (unpaired) electrons. The Balaban J connectivity index is 1.72. The molecule has 6 N–H and O–H groups in total. The SMILES string of the molecule is NC(=O)C1=C(O)C2C(=O)C3=C(O)c4c(O)cccc4[C@H](C4=CC=CCN4)[C@H]3C[C@H]2CC1=O. The van der Waals surface area contributed by atoms with E-state index in [-0.39, 0.29) is 35.0 Å². The van der Waals surface area contributed by atoms with Crippen molar-refractivity contribution >= 4 is 23.2 Å². The molecule has 4 aliphatic rings. The molecule has 5 rings (SSSR count). The van der Waals surface area contributed by atoms with Crippen LogP contribution in [-0.4, -0.2) is 39.3 Å². The van der Waals surface area contributed by atoms with Crippen molar-refractivity contribution in [3.05, 3.63) is 70.2 Å². The summed E-state index contributed by atoms with van der Waals surface area (Å²) in [6.07, 6.45) is 5.99. The van der Waals surface area contributed by atoms with Gasteiger partial charge >= 0.3 is 0 Å². The van der Waals surface area contributed by atoms with Crippen molar-refractivity contribution in [2.45, 2.75) is 18.8 Å². The molecule has 3 aliphatic carbocycles. The number of nitrogens with one attached hydrogen (secondary N) is 1. The third-order valence-electron chi connectivity index (χ3n) is 6.95. The Morgan fingerprint density at radius 3 is 2.59 bits per heavy atom. The molecule has 1 heterocycles. The van der Waals surface area contributed by atoms with Gasteiger partial charge in [0.25, 0.3) is 5.91 Å². The Labute approximate surface area is 183 Å². The Morgan fingerprint density at radius 2 is 1.91 bits per heavy atom. The van der Waals surface area contributed by atoms with Crippen molar-refractivity contribution in [2.24, 2.45) is 23.5 Å². The molecule has 0 aromatic heterocycles. The normalized spacial score (nSPS) is 29.1. The maximum atomic E-state index is 13.6. The molecule has 0 saturated heterocycles. The number of dihydropyridines is 1. The Bertz CT molecular complexity index is 1200. The number of aliphatic hydroxyl groups excluding tert-OH is 2. The summed E-state index contributed by atoms with van der Waals surface area (Å²) < 4.78 is 0. The van der Waals surface area contributed by atoms with Gasteiger partial charge in [-0.25, -0.2) is 0 Å². The van der Waals surface area contributed by atoms with Crippen LogP contribution in [0.4, 0.5) is 0 Å². The van der Waals surface area contributed by atoms with Crippen LogP contribution in [0, 0.1) is 17.8 Å². The smallest absolute Gasteiger partial charge is 0.255 e. The van der Waals surface area contributed by atoms with Crippen molar-refractivity contribution in [1.82, 2.24) is 5.32 Å². The number of nitrogens with two attached hydrogens (primary N) is 1. The van der Waals surface area contributed by atoms with Crippen LogP contribution in [0.1, 0.15) is 29.9 Å². The van der Waals surface area contributed by atoms with Gasteiger partial charge in [-0.1, -0.05) is 24.3 Å². The minimum atomic E-state index is -1.13. The number of benzene rings is 1. The number of aromatic hydroxyl groups is 1. The molecule has 4 atom stereocenters. The molecule has 1 fully saturated rings. The molecule has 1 aliphatic heterocycles. The molecule has 8 heteroatoms. The first-order chi connectivity index (χ1) is 15.3. The Kier molecular flexibility index (Phi) is 4.47. The molecular formula is C24H22N2O6. The molecule has 0 bridgehead atoms. The van der Waals surface area contributed by atoms with Crippen LogP contribution >= 0.6 is 0 Å². The first-order valence-electron chi connectivity index (χ1n) is 10.5. The van der Waals surface area contributed by atoms with Crippen molar-refractivity contribution in [1.29, 1.82) is 0 Å². The number of phenolic OH excluding ortho intramolecular Hbond substituents is 1. The fraction of sp³-hybridized carbons (Fsp3) is 0.292. The minimum absolute atomic E-state index is 0.0880. The van der Waals surface area contributed by atoms with Gasteiger partial charge in [-0.3, -0.25) is 14.4 Å². The number of aliphatic hydroxyl groups is 2. The number of carbonyl (C=O) groups is 3. The van der Waals surface area contributed by atoms with Crippen LogP contribution in [0.2, 0.25) is 0 Å².